The van der Waals surface area contributed by atoms with Gasteiger partial charge in [0.15, 0.2) is 0 Å². The van der Waals surface area contributed by atoms with Crippen molar-refractivity contribution < 1.29 is 19.5 Å². The summed E-state index contributed by atoms with van der Waals surface area (Å²) in [5.74, 6) is -0.854. The second-order valence-electron chi connectivity index (χ2n) is 5.14. The normalized spacial score (nSPS) is 22.9. The Hall–Kier alpha value is -1.10. The van der Waals surface area contributed by atoms with E-state index in [9.17, 15) is 9.59 Å². The number of rotatable bonds is 4. The van der Waals surface area contributed by atoms with E-state index in [0.717, 1.165) is 32.1 Å². The molecule has 17 heavy (non-hydrogen) atoms. The Morgan fingerprint density at radius 2 is 1.88 bits per heavy atom. The fraction of sp³-hybridized carbons (Fsp3) is 0.833. The van der Waals surface area contributed by atoms with Gasteiger partial charge in [-0.25, -0.2) is 5.06 Å². The van der Waals surface area contributed by atoms with Gasteiger partial charge in [-0.05, 0) is 24.7 Å². The Morgan fingerprint density at radius 1 is 1.18 bits per heavy atom. The number of carbonyl (C=O) groups is 2. The Labute approximate surface area is 101 Å². The van der Waals surface area contributed by atoms with Gasteiger partial charge < -0.3 is 5.11 Å². The Morgan fingerprint density at radius 3 is 2.41 bits per heavy atom. The molecule has 96 valence electrons. The standard InChI is InChI=1S/C12H19NO4/c14-10(13-6-3-7-17-13)8-12(9-11(15)16)4-1-2-5-12/h1-9H2,(H,15,16). The summed E-state index contributed by atoms with van der Waals surface area (Å²) in [5.41, 5.74) is -0.325. The summed E-state index contributed by atoms with van der Waals surface area (Å²) in [6.45, 7) is 1.24. The molecule has 2 aliphatic rings. The average molecular weight is 241 g/mol. The third-order valence-electron chi connectivity index (χ3n) is 3.75. The molecule has 2 fully saturated rings. The lowest BCUT2D eigenvalue weighted by Gasteiger charge is -2.28. The van der Waals surface area contributed by atoms with Crippen LogP contribution < -0.4 is 0 Å². The first-order valence-electron chi connectivity index (χ1n) is 6.26. The van der Waals surface area contributed by atoms with Crippen molar-refractivity contribution in [3.63, 3.8) is 0 Å². The Bertz CT molecular complexity index is 304. The molecular weight excluding hydrogens is 222 g/mol. The van der Waals surface area contributed by atoms with E-state index < -0.39 is 5.97 Å². The molecule has 0 aromatic carbocycles. The van der Waals surface area contributed by atoms with Gasteiger partial charge >= 0.3 is 5.97 Å². The van der Waals surface area contributed by atoms with Gasteiger partial charge in [0.25, 0.3) is 0 Å². The van der Waals surface area contributed by atoms with Crippen molar-refractivity contribution in [3.05, 3.63) is 0 Å². The first-order valence-corrected chi connectivity index (χ1v) is 6.26. The fourth-order valence-electron chi connectivity index (χ4n) is 2.91. The molecule has 1 saturated carbocycles. The first kappa shape index (κ1) is 12.4. The van der Waals surface area contributed by atoms with Crippen LogP contribution in [0.3, 0.4) is 0 Å². The fourth-order valence-corrected chi connectivity index (χ4v) is 2.91. The van der Waals surface area contributed by atoms with Crippen LogP contribution >= 0.6 is 0 Å². The number of carboxylic acid groups (broad SMARTS) is 1. The zero-order chi connectivity index (χ0) is 12.3. The molecule has 0 aromatic heterocycles. The number of hydrogen-bond acceptors (Lipinski definition) is 3. The lowest BCUT2D eigenvalue weighted by atomic mass is 9.79. The minimum absolute atomic E-state index is 0.0503. The molecule has 0 atom stereocenters. The highest BCUT2D eigenvalue weighted by molar-refractivity contribution is 5.77. The molecule has 2 rings (SSSR count). The van der Waals surface area contributed by atoms with Gasteiger partial charge in [0.2, 0.25) is 5.91 Å². The maximum Gasteiger partial charge on any atom is 0.303 e. The van der Waals surface area contributed by atoms with Crippen molar-refractivity contribution in [1.82, 2.24) is 5.06 Å². The van der Waals surface area contributed by atoms with Gasteiger partial charge in [0, 0.05) is 6.42 Å². The molecule has 1 amide bonds. The van der Waals surface area contributed by atoms with E-state index in [1.165, 1.54) is 5.06 Å². The minimum atomic E-state index is -0.804. The maximum atomic E-state index is 12.0. The van der Waals surface area contributed by atoms with Crippen LogP contribution in [0.4, 0.5) is 0 Å². The summed E-state index contributed by atoms with van der Waals surface area (Å²) in [4.78, 5) is 28.1. The van der Waals surface area contributed by atoms with E-state index >= 15 is 0 Å². The molecule has 0 radical (unpaired) electrons. The van der Waals surface area contributed by atoms with Gasteiger partial charge in [-0.3, -0.25) is 14.4 Å². The van der Waals surface area contributed by atoms with Crippen LogP contribution in [0.25, 0.3) is 0 Å². The highest BCUT2D eigenvalue weighted by atomic mass is 16.7. The van der Waals surface area contributed by atoms with Gasteiger partial charge in [-0.15, -0.1) is 0 Å². The third-order valence-corrected chi connectivity index (χ3v) is 3.75. The number of nitrogens with zero attached hydrogens (tertiary/aromatic N) is 1. The molecule has 0 unspecified atom stereocenters. The number of carbonyl (C=O) groups excluding carboxylic acids is 1. The Kier molecular flexibility index (Phi) is 3.66. The second-order valence-corrected chi connectivity index (χ2v) is 5.14. The monoisotopic (exact) mass is 241 g/mol. The quantitative estimate of drug-likeness (QED) is 0.811. The molecule has 5 nitrogen and oxygen atoms in total. The van der Waals surface area contributed by atoms with Crippen LogP contribution in [0.1, 0.15) is 44.9 Å². The average Bonchev–Trinajstić information content (AvgIpc) is 2.86. The number of aliphatic carboxylic acids is 1. The smallest absolute Gasteiger partial charge is 0.303 e. The predicted molar refractivity (Wildman–Crippen MR) is 60.1 cm³/mol. The van der Waals surface area contributed by atoms with Crippen LogP contribution in [-0.4, -0.2) is 35.2 Å². The minimum Gasteiger partial charge on any atom is -0.481 e. The van der Waals surface area contributed by atoms with Gasteiger partial charge in [0.05, 0.1) is 19.6 Å². The van der Waals surface area contributed by atoms with E-state index in [0.29, 0.717) is 19.6 Å². The summed E-state index contributed by atoms with van der Waals surface area (Å²) in [6, 6.07) is 0. The summed E-state index contributed by atoms with van der Waals surface area (Å²) in [5, 5.41) is 10.4. The SMILES string of the molecule is O=C(O)CC1(CC(=O)N2CCCO2)CCCC1. The molecule has 1 heterocycles. The highest BCUT2D eigenvalue weighted by Gasteiger charge is 2.39. The lowest BCUT2D eigenvalue weighted by Crippen LogP contribution is -2.33. The number of hydrogen-bond donors (Lipinski definition) is 1. The van der Waals surface area contributed by atoms with E-state index in [1.807, 2.05) is 0 Å². The molecule has 5 heteroatoms. The first-order chi connectivity index (χ1) is 8.11. The van der Waals surface area contributed by atoms with Crippen LogP contribution in [0.15, 0.2) is 0 Å². The summed E-state index contributed by atoms with van der Waals surface area (Å²) in [7, 11) is 0. The van der Waals surface area contributed by atoms with Crippen molar-refractivity contribution in [2.45, 2.75) is 44.9 Å². The largest absolute Gasteiger partial charge is 0.481 e. The molecule has 0 bridgehead atoms. The zero-order valence-electron chi connectivity index (χ0n) is 9.98. The zero-order valence-corrected chi connectivity index (χ0v) is 9.98. The maximum absolute atomic E-state index is 12.0. The van der Waals surface area contributed by atoms with Crippen LogP contribution in [0.2, 0.25) is 0 Å². The number of carboxylic acids is 1. The van der Waals surface area contributed by atoms with Gasteiger partial charge in [-0.1, -0.05) is 12.8 Å². The van der Waals surface area contributed by atoms with Crippen LogP contribution in [0, 0.1) is 5.41 Å². The van der Waals surface area contributed by atoms with Crippen molar-refractivity contribution in [1.29, 1.82) is 0 Å². The number of amides is 1. The third kappa shape index (κ3) is 2.97. The summed E-state index contributed by atoms with van der Waals surface area (Å²) in [6.07, 6.45) is 5.05. The molecule has 1 aliphatic heterocycles. The predicted octanol–water partition coefficient (Wildman–Crippen LogP) is 1.58. The Balaban J connectivity index is 1.97. The van der Waals surface area contributed by atoms with Gasteiger partial charge in [-0.2, -0.15) is 0 Å². The van der Waals surface area contributed by atoms with E-state index in [1.54, 1.807) is 0 Å². The van der Waals surface area contributed by atoms with E-state index in [2.05, 4.69) is 0 Å². The second kappa shape index (κ2) is 5.04. The molecule has 0 aromatic rings. The van der Waals surface area contributed by atoms with Crippen molar-refractivity contribution in [2.75, 3.05) is 13.2 Å². The van der Waals surface area contributed by atoms with Crippen molar-refractivity contribution in [3.8, 4) is 0 Å². The van der Waals surface area contributed by atoms with Gasteiger partial charge in [0.1, 0.15) is 0 Å². The molecular formula is C12H19NO4. The molecule has 1 N–H and O–H groups in total. The molecule has 1 aliphatic carbocycles. The summed E-state index contributed by atoms with van der Waals surface area (Å²) < 4.78 is 0. The van der Waals surface area contributed by atoms with E-state index in [4.69, 9.17) is 9.94 Å². The van der Waals surface area contributed by atoms with Crippen LogP contribution in [0.5, 0.6) is 0 Å². The van der Waals surface area contributed by atoms with E-state index in [-0.39, 0.29) is 17.7 Å². The molecule has 0 spiro atoms. The topological polar surface area (TPSA) is 66.8 Å². The molecule has 1 saturated heterocycles. The van der Waals surface area contributed by atoms with Crippen molar-refractivity contribution >= 4 is 11.9 Å². The lowest BCUT2D eigenvalue weighted by molar-refractivity contribution is -0.171. The number of hydroxylamine groups is 2. The highest BCUT2D eigenvalue weighted by Crippen LogP contribution is 2.44. The van der Waals surface area contributed by atoms with Crippen LogP contribution in [-0.2, 0) is 14.4 Å². The summed E-state index contributed by atoms with van der Waals surface area (Å²) >= 11 is 0. The van der Waals surface area contributed by atoms with Crippen molar-refractivity contribution in [2.24, 2.45) is 5.41 Å².